The number of carbonyl (C=O) groups excluding carboxylic acids is 2. The summed E-state index contributed by atoms with van der Waals surface area (Å²) in [5.74, 6) is 0.0525. The molecule has 0 spiro atoms. The Morgan fingerprint density at radius 2 is 2.14 bits per heavy atom. The highest BCUT2D eigenvalue weighted by molar-refractivity contribution is 7.09. The van der Waals surface area contributed by atoms with E-state index in [9.17, 15) is 9.59 Å². The van der Waals surface area contributed by atoms with Crippen LogP contribution < -0.4 is 10.6 Å². The summed E-state index contributed by atoms with van der Waals surface area (Å²) in [4.78, 5) is 24.3. The monoisotopic (exact) mass is 304 g/mol. The lowest BCUT2D eigenvalue weighted by atomic mass is 10.3. The lowest BCUT2D eigenvalue weighted by Crippen LogP contribution is -2.37. The smallest absolute Gasteiger partial charge is 0.244 e. The van der Waals surface area contributed by atoms with Crippen molar-refractivity contribution in [3.63, 3.8) is 0 Å². The first-order valence-electron chi connectivity index (χ1n) is 6.52. The van der Waals surface area contributed by atoms with Crippen molar-refractivity contribution in [2.45, 2.75) is 6.42 Å². The molecular weight excluding hydrogens is 288 g/mol. The molecule has 0 radical (unpaired) electrons. The van der Waals surface area contributed by atoms with Crippen LogP contribution in [0.4, 0.5) is 0 Å². The molecule has 0 saturated carbocycles. The second-order valence-corrected chi connectivity index (χ2v) is 5.28. The summed E-state index contributed by atoms with van der Waals surface area (Å²) in [6.45, 7) is 0.531. The molecule has 2 N–H and O–H groups in total. The highest BCUT2D eigenvalue weighted by Crippen LogP contribution is 2.07. The van der Waals surface area contributed by atoms with Crippen molar-refractivity contribution < 1.29 is 14.0 Å². The van der Waals surface area contributed by atoms with Gasteiger partial charge in [-0.05, 0) is 36.1 Å². The second kappa shape index (κ2) is 8.06. The molecule has 2 rings (SSSR count). The molecular formula is C15H16N2O3S. The van der Waals surface area contributed by atoms with Crippen LogP contribution in [0.15, 0.2) is 46.4 Å². The molecule has 6 heteroatoms. The van der Waals surface area contributed by atoms with E-state index in [0.717, 1.165) is 6.42 Å². The van der Waals surface area contributed by atoms with Crippen molar-refractivity contribution in [1.82, 2.24) is 10.6 Å². The first-order chi connectivity index (χ1) is 10.2. The fourth-order valence-electron chi connectivity index (χ4n) is 1.61. The zero-order valence-corrected chi connectivity index (χ0v) is 12.2. The topological polar surface area (TPSA) is 71.3 Å². The lowest BCUT2D eigenvalue weighted by molar-refractivity contribution is -0.123. The van der Waals surface area contributed by atoms with Gasteiger partial charge in [-0.25, -0.2) is 0 Å². The quantitative estimate of drug-likeness (QED) is 0.767. The van der Waals surface area contributed by atoms with Gasteiger partial charge in [-0.2, -0.15) is 0 Å². The predicted octanol–water partition coefficient (Wildman–Crippen LogP) is 1.83. The van der Waals surface area contributed by atoms with Crippen molar-refractivity contribution in [1.29, 1.82) is 0 Å². The van der Waals surface area contributed by atoms with Gasteiger partial charge in [0.1, 0.15) is 5.76 Å². The Labute approximate surface area is 126 Å². The summed E-state index contributed by atoms with van der Waals surface area (Å²) in [7, 11) is 0. The van der Waals surface area contributed by atoms with E-state index >= 15 is 0 Å². The molecule has 0 fully saturated rings. The minimum Gasteiger partial charge on any atom is -0.465 e. The Hall–Kier alpha value is -2.34. The Kier molecular flexibility index (Phi) is 5.78. The van der Waals surface area contributed by atoms with Crippen LogP contribution >= 0.6 is 11.3 Å². The number of nitrogens with one attached hydrogen (secondary N) is 2. The number of carbonyl (C=O) groups is 2. The minimum atomic E-state index is -0.334. The molecule has 2 aromatic rings. The van der Waals surface area contributed by atoms with Crippen LogP contribution in [0.1, 0.15) is 10.6 Å². The molecule has 21 heavy (non-hydrogen) atoms. The SMILES string of the molecule is O=C(/C=C/c1ccco1)NCC(=O)NCCc1cccs1. The van der Waals surface area contributed by atoms with Crippen molar-refractivity contribution in [3.05, 3.63) is 52.6 Å². The van der Waals surface area contributed by atoms with Gasteiger partial charge >= 0.3 is 0 Å². The van der Waals surface area contributed by atoms with Gasteiger partial charge in [-0.3, -0.25) is 9.59 Å². The van der Waals surface area contributed by atoms with Crippen LogP contribution in [0.25, 0.3) is 6.08 Å². The van der Waals surface area contributed by atoms with Gasteiger partial charge < -0.3 is 15.1 Å². The normalized spacial score (nSPS) is 10.7. The van der Waals surface area contributed by atoms with E-state index in [2.05, 4.69) is 10.6 Å². The van der Waals surface area contributed by atoms with E-state index < -0.39 is 0 Å². The van der Waals surface area contributed by atoms with Crippen LogP contribution in [0.2, 0.25) is 0 Å². The van der Waals surface area contributed by atoms with E-state index in [4.69, 9.17) is 4.42 Å². The van der Waals surface area contributed by atoms with Crippen LogP contribution in [0, 0.1) is 0 Å². The van der Waals surface area contributed by atoms with Crippen molar-refractivity contribution >= 4 is 29.2 Å². The molecule has 110 valence electrons. The molecule has 0 bridgehead atoms. The predicted molar refractivity (Wildman–Crippen MR) is 81.8 cm³/mol. The van der Waals surface area contributed by atoms with Gasteiger partial charge in [0.05, 0.1) is 12.8 Å². The third kappa shape index (κ3) is 5.66. The standard InChI is InChI=1S/C15H16N2O3S/c18-14(6-5-12-3-1-9-20-12)17-11-15(19)16-8-7-13-4-2-10-21-13/h1-6,9-10H,7-8,11H2,(H,16,19)(H,17,18)/b6-5+. The number of furan rings is 1. The zero-order valence-electron chi connectivity index (χ0n) is 11.4. The van der Waals surface area contributed by atoms with Gasteiger partial charge in [0.2, 0.25) is 11.8 Å². The van der Waals surface area contributed by atoms with Gasteiger partial charge in [0, 0.05) is 17.5 Å². The fourth-order valence-corrected chi connectivity index (χ4v) is 2.32. The van der Waals surface area contributed by atoms with Crippen LogP contribution in [-0.4, -0.2) is 24.9 Å². The van der Waals surface area contributed by atoms with E-state index in [-0.39, 0.29) is 18.4 Å². The summed E-state index contributed by atoms with van der Waals surface area (Å²) in [6.07, 6.45) is 5.20. The highest BCUT2D eigenvalue weighted by atomic mass is 32.1. The van der Waals surface area contributed by atoms with Gasteiger partial charge in [-0.1, -0.05) is 6.07 Å². The molecule has 0 aliphatic rings. The average Bonchev–Trinajstić information content (AvgIpc) is 3.16. The molecule has 0 aliphatic heterocycles. The maximum absolute atomic E-state index is 11.5. The van der Waals surface area contributed by atoms with E-state index in [1.54, 1.807) is 29.5 Å². The maximum atomic E-state index is 11.5. The van der Waals surface area contributed by atoms with E-state index in [0.29, 0.717) is 12.3 Å². The zero-order chi connectivity index (χ0) is 14.9. The molecule has 0 aromatic carbocycles. The van der Waals surface area contributed by atoms with Gasteiger partial charge in [0.25, 0.3) is 0 Å². The van der Waals surface area contributed by atoms with Gasteiger partial charge in [0.15, 0.2) is 0 Å². The van der Waals surface area contributed by atoms with E-state index in [1.165, 1.54) is 17.2 Å². The lowest BCUT2D eigenvalue weighted by Gasteiger charge is -2.04. The van der Waals surface area contributed by atoms with Crippen molar-refractivity contribution in [2.24, 2.45) is 0 Å². The van der Waals surface area contributed by atoms with Crippen molar-refractivity contribution in [3.8, 4) is 0 Å². The molecule has 0 atom stereocenters. The maximum Gasteiger partial charge on any atom is 0.244 e. The number of thiophene rings is 1. The first kappa shape index (κ1) is 15.1. The van der Waals surface area contributed by atoms with Crippen LogP contribution in [-0.2, 0) is 16.0 Å². The molecule has 0 aliphatic carbocycles. The van der Waals surface area contributed by atoms with Gasteiger partial charge in [-0.15, -0.1) is 11.3 Å². The molecule has 5 nitrogen and oxygen atoms in total. The fraction of sp³-hybridized carbons (Fsp3) is 0.200. The Morgan fingerprint density at radius 3 is 2.86 bits per heavy atom. The summed E-state index contributed by atoms with van der Waals surface area (Å²) in [6, 6.07) is 7.48. The number of hydrogen-bond donors (Lipinski definition) is 2. The van der Waals surface area contributed by atoms with Crippen LogP contribution in [0.3, 0.4) is 0 Å². The summed E-state index contributed by atoms with van der Waals surface area (Å²) < 4.78 is 5.05. The summed E-state index contributed by atoms with van der Waals surface area (Å²) >= 11 is 1.66. The van der Waals surface area contributed by atoms with Crippen molar-refractivity contribution in [2.75, 3.05) is 13.1 Å². The Morgan fingerprint density at radius 1 is 1.24 bits per heavy atom. The molecule has 2 aromatic heterocycles. The molecule has 0 unspecified atom stereocenters. The number of rotatable bonds is 7. The molecule has 0 saturated heterocycles. The third-order valence-electron chi connectivity index (χ3n) is 2.64. The number of amides is 2. The summed E-state index contributed by atoms with van der Waals surface area (Å²) in [5.41, 5.74) is 0. The highest BCUT2D eigenvalue weighted by Gasteiger charge is 2.03. The van der Waals surface area contributed by atoms with E-state index in [1.807, 2.05) is 17.5 Å². The average molecular weight is 304 g/mol. The Balaban J connectivity index is 1.61. The number of hydrogen-bond acceptors (Lipinski definition) is 4. The third-order valence-corrected chi connectivity index (χ3v) is 3.58. The second-order valence-electron chi connectivity index (χ2n) is 4.25. The Bertz CT molecular complexity index is 588. The molecule has 2 amide bonds. The first-order valence-corrected chi connectivity index (χ1v) is 7.40. The molecule has 2 heterocycles. The van der Waals surface area contributed by atoms with Crippen LogP contribution in [0.5, 0.6) is 0 Å². The largest absolute Gasteiger partial charge is 0.465 e. The summed E-state index contributed by atoms with van der Waals surface area (Å²) in [5, 5.41) is 7.27. The minimum absolute atomic E-state index is 0.0359.